The molecule has 2 aromatic carbocycles. The van der Waals surface area contributed by atoms with Crippen molar-refractivity contribution >= 4 is 11.9 Å². The van der Waals surface area contributed by atoms with E-state index >= 15 is 0 Å². The minimum Gasteiger partial charge on any atom is -0.493 e. The molecule has 0 aliphatic carbocycles. The molecule has 0 saturated heterocycles. The number of esters is 1. The molecule has 0 saturated carbocycles. The van der Waals surface area contributed by atoms with Crippen molar-refractivity contribution in [2.45, 2.75) is 27.0 Å². The summed E-state index contributed by atoms with van der Waals surface area (Å²) < 4.78 is 10.6. The van der Waals surface area contributed by atoms with Crippen molar-refractivity contribution in [2.75, 3.05) is 13.2 Å². The van der Waals surface area contributed by atoms with Crippen molar-refractivity contribution in [3.8, 4) is 5.75 Å². The molecule has 3 rings (SSSR count). The average molecular weight is 355 g/mol. The third-order valence-corrected chi connectivity index (χ3v) is 4.00. The van der Waals surface area contributed by atoms with Crippen LogP contribution in [0.25, 0.3) is 0 Å². The van der Waals surface area contributed by atoms with Gasteiger partial charge in [-0.1, -0.05) is 30.3 Å². The summed E-state index contributed by atoms with van der Waals surface area (Å²) in [6, 6.07) is 12.9. The van der Waals surface area contributed by atoms with Gasteiger partial charge < -0.3 is 9.47 Å². The van der Waals surface area contributed by atoms with Crippen LogP contribution in [0.4, 0.5) is 0 Å². The maximum Gasteiger partial charge on any atom is 0.341 e. The van der Waals surface area contributed by atoms with Gasteiger partial charge in [-0.25, -0.2) is 9.86 Å². The molecule has 0 spiro atoms. The number of hydroxylamine groups is 2. The van der Waals surface area contributed by atoms with E-state index in [4.69, 9.17) is 14.3 Å². The first-order valence-electron chi connectivity index (χ1n) is 8.59. The fraction of sp³-hybridized carbons (Fsp3) is 0.300. The first kappa shape index (κ1) is 17.9. The lowest BCUT2D eigenvalue weighted by Gasteiger charge is -2.15. The first-order chi connectivity index (χ1) is 12.6. The molecule has 0 bridgehead atoms. The molecule has 6 nitrogen and oxygen atoms in total. The van der Waals surface area contributed by atoms with Crippen molar-refractivity contribution in [3.05, 3.63) is 64.7 Å². The van der Waals surface area contributed by atoms with Crippen molar-refractivity contribution in [2.24, 2.45) is 0 Å². The molecular formula is C20H21NO5. The SMILES string of the molecule is CCOC(=O)c1cc2c(cc1OCC)C(=O)N(OCc1ccccc1)C2. The number of hydrogen-bond acceptors (Lipinski definition) is 5. The van der Waals surface area contributed by atoms with Gasteiger partial charge in [-0.2, -0.15) is 0 Å². The number of carbonyl (C=O) groups is 2. The lowest BCUT2D eigenvalue weighted by atomic mass is 10.0. The summed E-state index contributed by atoms with van der Waals surface area (Å²) in [5.41, 5.74) is 2.49. The Morgan fingerprint density at radius 2 is 1.88 bits per heavy atom. The lowest BCUT2D eigenvalue weighted by molar-refractivity contribution is -0.134. The van der Waals surface area contributed by atoms with E-state index in [1.54, 1.807) is 19.1 Å². The van der Waals surface area contributed by atoms with E-state index in [-0.39, 0.29) is 19.1 Å². The maximum atomic E-state index is 12.6. The second kappa shape index (κ2) is 8.01. The second-order valence-electron chi connectivity index (χ2n) is 5.76. The Kier molecular flexibility index (Phi) is 5.53. The molecule has 0 unspecified atom stereocenters. The molecule has 0 fully saturated rings. The summed E-state index contributed by atoms with van der Waals surface area (Å²) in [6.45, 7) is 4.79. The summed E-state index contributed by atoms with van der Waals surface area (Å²) in [6.07, 6.45) is 0. The van der Waals surface area contributed by atoms with Crippen molar-refractivity contribution in [3.63, 3.8) is 0 Å². The van der Waals surface area contributed by atoms with Crippen molar-refractivity contribution < 1.29 is 23.9 Å². The lowest BCUT2D eigenvalue weighted by Crippen LogP contribution is -2.24. The Morgan fingerprint density at radius 3 is 2.58 bits per heavy atom. The fourth-order valence-electron chi connectivity index (χ4n) is 2.79. The third kappa shape index (κ3) is 3.70. The Labute approximate surface area is 152 Å². The second-order valence-corrected chi connectivity index (χ2v) is 5.76. The molecule has 1 aliphatic rings. The van der Waals surface area contributed by atoms with E-state index in [2.05, 4.69) is 0 Å². The quantitative estimate of drug-likeness (QED) is 0.713. The molecule has 26 heavy (non-hydrogen) atoms. The Morgan fingerprint density at radius 1 is 1.12 bits per heavy atom. The monoisotopic (exact) mass is 355 g/mol. The van der Waals surface area contributed by atoms with Crippen LogP contribution in [0.5, 0.6) is 5.75 Å². The molecule has 0 aromatic heterocycles. The van der Waals surface area contributed by atoms with Gasteiger partial charge in [-0.05, 0) is 37.1 Å². The molecule has 0 N–H and O–H groups in total. The molecular weight excluding hydrogens is 334 g/mol. The zero-order valence-corrected chi connectivity index (χ0v) is 14.9. The Balaban J connectivity index is 1.81. The largest absolute Gasteiger partial charge is 0.493 e. The number of nitrogens with zero attached hydrogens (tertiary/aromatic N) is 1. The zero-order valence-electron chi connectivity index (χ0n) is 14.9. The van der Waals surface area contributed by atoms with Gasteiger partial charge in [-0.3, -0.25) is 9.63 Å². The van der Waals surface area contributed by atoms with Gasteiger partial charge in [0, 0.05) is 0 Å². The van der Waals surface area contributed by atoms with Crippen LogP contribution in [0.15, 0.2) is 42.5 Å². The number of ether oxygens (including phenoxy) is 2. The number of benzene rings is 2. The average Bonchev–Trinajstić information content (AvgIpc) is 2.96. The molecule has 1 amide bonds. The van der Waals surface area contributed by atoms with Crippen molar-refractivity contribution in [1.29, 1.82) is 0 Å². The van der Waals surface area contributed by atoms with Crippen LogP contribution in [0.2, 0.25) is 0 Å². The minimum absolute atomic E-state index is 0.243. The summed E-state index contributed by atoms with van der Waals surface area (Å²) in [7, 11) is 0. The van der Waals surface area contributed by atoms with Gasteiger partial charge in [-0.15, -0.1) is 0 Å². The van der Waals surface area contributed by atoms with E-state index in [1.807, 2.05) is 37.3 Å². The van der Waals surface area contributed by atoms with Crippen molar-refractivity contribution in [1.82, 2.24) is 5.06 Å². The maximum absolute atomic E-state index is 12.6. The molecule has 6 heteroatoms. The molecule has 0 radical (unpaired) electrons. The van der Waals surface area contributed by atoms with E-state index in [0.717, 1.165) is 11.1 Å². The molecule has 1 aliphatic heterocycles. The fourth-order valence-corrected chi connectivity index (χ4v) is 2.79. The molecule has 2 aromatic rings. The van der Waals surface area contributed by atoms with Crippen LogP contribution in [0.3, 0.4) is 0 Å². The van der Waals surface area contributed by atoms with Crippen LogP contribution in [-0.4, -0.2) is 30.2 Å². The van der Waals surface area contributed by atoms with Crippen LogP contribution in [0, 0.1) is 0 Å². The van der Waals surface area contributed by atoms with Crippen LogP contribution in [0.1, 0.15) is 45.7 Å². The normalized spacial score (nSPS) is 12.8. The summed E-state index contributed by atoms with van der Waals surface area (Å²) in [5.74, 6) is -0.356. The minimum atomic E-state index is -0.463. The van der Waals surface area contributed by atoms with E-state index in [1.165, 1.54) is 5.06 Å². The zero-order chi connectivity index (χ0) is 18.5. The van der Waals surface area contributed by atoms with Crippen LogP contribution >= 0.6 is 0 Å². The van der Waals surface area contributed by atoms with Gasteiger partial charge in [0.2, 0.25) is 0 Å². The van der Waals surface area contributed by atoms with Crippen LogP contribution < -0.4 is 4.74 Å². The predicted octanol–water partition coefficient (Wildman–Crippen LogP) is 3.35. The summed E-state index contributed by atoms with van der Waals surface area (Å²) >= 11 is 0. The third-order valence-electron chi connectivity index (χ3n) is 4.00. The Hall–Kier alpha value is -2.86. The van der Waals surface area contributed by atoms with E-state index in [9.17, 15) is 9.59 Å². The summed E-state index contributed by atoms with van der Waals surface area (Å²) in [5, 5.41) is 1.31. The van der Waals surface area contributed by atoms with Crippen LogP contribution in [-0.2, 0) is 22.7 Å². The highest BCUT2D eigenvalue weighted by Gasteiger charge is 2.31. The molecule has 1 heterocycles. The highest BCUT2D eigenvalue weighted by atomic mass is 16.7. The predicted molar refractivity (Wildman–Crippen MR) is 94.7 cm³/mol. The molecule has 0 atom stereocenters. The Bertz CT molecular complexity index is 803. The van der Waals surface area contributed by atoms with Gasteiger partial charge in [0.05, 0.1) is 25.3 Å². The van der Waals surface area contributed by atoms with E-state index in [0.29, 0.717) is 30.1 Å². The smallest absolute Gasteiger partial charge is 0.341 e. The van der Waals surface area contributed by atoms with Gasteiger partial charge in [0.15, 0.2) is 0 Å². The van der Waals surface area contributed by atoms with Gasteiger partial charge in [0.25, 0.3) is 5.91 Å². The first-order valence-corrected chi connectivity index (χ1v) is 8.59. The molecule has 136 valence electrons. The number of hydrogen-bond donors (Lipinski definition) is 0. The van der Waals surface area contributed by atoms with Gasteiger partial charge >= 0.3 is 5.97 Å². The number of carbonyl (C=O) groups excluding carboxylic acids is 2. The van der Waals surface area contributed by atoms with E-state index < -0.39 is 5.97 Å². The number of amides is 1. The highest BCUT2D eigenvalue weighted by molar-refractivity contribution is 6.01. The number of rotatable bonds is 7. The van der Waals surface area contributed by atoms with Gasteiger partial charge in [0.1, 0.15) is 17.9 Å². The topological polar surface area (TPSA) is 65.1 Å². The summed E-state index contributed by atoms with van der Waals surface area (Å²) in [4.78, 5) is 30.5. The number of fused-ring (bicyclic) bond motifs is 1. The highest BCUT2D eigenvalue weighted by Crippen LogP contribution is 2.31. The standard InChI is InChI=1S/C20H21NO5/c1-3-24-18-11-16-15(10-17(18)20(23)25-4-2)12-21(19(16)22)26-13-14-8-6-5-7-9-14/h5-11H,3-4,12-13H2,1-2H3.